The minimum atomic E-state index is -4.18. The summed E-state index contributed by atoms with van der Waals surface area (Å²) in [5.41, 5.74) is 3.03. The first-order valence-electron chi connectivity index (χ1n) is 10.0. The molecule has 0 fully saturated rings. The van der Waals surface area contributed by atoms with Crippen molar-refractivity contribution in [1.29, 1.82) is 0 Å². The zero-order valence-corrected chi connectivity index (χ0v) is 21.0. The van der Waals surface area contributed by atoms with Crippen molar-refractivity contribution in [3.8, 4) is 5.75 Å². The maximum Gasteiger partial charge on any atom is 0.268 e. The van der Waals surface area contributed by atoms with Crippen LogP contribution >= 0.6 is 23.2 Å². The van der Waals surface area contributed by atoms with E-state index in [9.17, 15) is 13.2 Å². The van der Waals surface area contributed by atoms with Gasteiger partial charge in [0.15, 0.2) is 0 Å². The van der Waals surface area contributed by atoms with Gasteiger partial charge in [0.2, 0.25) is 5.91 Å². The number of aryl methyl sites for hydroxylation is 3. The van der Waals surface area contributed by atoms with Crippen LogP contribution in [0.25, 0.3) is 0 Å². The van der Waals surface area contributed by atoms with E-state index in [0.29, 0.717) is 5.69 Å². The number of hydrogen-bond acceptors (Lipinski definition) is 4. The summed E-state index contributed by atoms with van der Waals surface area (Å²) in [6, 6.07) is 15.0. The standard InChI is InChI=1S/C24H24Cl2N2O4S/c1-15-8-9-21(32-4)22(13-15)33(30,31)28(18-11-16(2)10-17(3)12-18)14-23(29)27-24-19(25)6-5-7-20(24)26/h5-13H,14H2,1-4H3,(H,27,29). The topological polar surface area (TPSA) is 75.7 Å². The van der Waals surface area contributed by atoms with Gasteiger partial charge < -0.3 is 10.1 Å². The molecule has 1 amide bonds. The van der Waals surface area contributed by atoms with Gasteiger partial charge in [-0.3, -0.25) is 9.10 Å². The minimum absolute atomic E-state index is 0.0345. The van der Waals surface area contributed by atoms with E-state index in [1.54, 1.807) is 49.4 Å². The Balaban J connectivity index is 2.09. The lowest BCUT2D eigenvalue weighted by Crippen LogP contribution is -2.38. The van der Waals surface area contributed by atoms with Crippen LogP contribution in [0.4, 0.5) is 11.4 Å². The van der Waals surface area contributed by atoms with Gasteiger partial charge in [0, 0.05) is 0 Å². The van der Waals surface area contributed by atoms with E-state index in [1.165, 1.54) is 13.2 Å². The summed E-state index contributed by atoms with van der Waals surface area (Å²) >= 11 is 12.3. The second kappa shape index (κ2) is 10.0. The fraction of sp³-hybridized carbons (Fsp3) is 0.208. The molecule has 3 aromatic carbocycles. The first kappa shape index (κ1) is 24.9. The number of nitrogens with zero attached hydrogens (tertiary/aromatic N) is 1. The summed E-state index contributed by atoms with van der Waals surface area (Å²) in [5.74, 6) is -0.413. The number of nitrogens with one attached hydrogen (secondary N) is 1. The summed E-state index contributed by atoms with van der Waals surface area (Å²) in [7, 11) is -2.78. The van der Waals surface area contributed by atoms with Crippen molar-refractivity contribution in [2.24, 2.45) is 0 Å². The zero-order chi connectivity index (χ0) is 24.3. The third-order valence-corrected chi connectivity index (χ3v) is 7.32. The molecule has 0 aromatic heterocycles. The van der Waals surface area contributed by atoms with Crippen molar-refractivity contribution in [3.63, 3.8) is 0 Å². The molecule has 174 valence electrons. The fourth-order valence-electron chi connectivity index (χ4n) is 3.44. The van der Waals surface area contributed by atoms with Gasteiger partial charge in [-0.15, -0.1) is 0 Å². The molecule has 33 heavy (non-hydrogen) atoms. The fourth-order valence-corrected chi connectivity index (χ4v) is 5.58. The van der Waals surface area contributed by atoms with Crippen LogP contribution in [0.3, 0.4) is 0 Å². The van der Waals surface area contributed by atoms with Crippen LogP contribution in [0.1, 0.15) is 16.7 Å². The Labute approximate surface area is 204 Å². The Hall–Kier alpha value is -2.74. The maximum atomic E-state index is 13.8. The van der Waals surface area contributed by atoms with Crippen LogP contribution in [-0.2, 0) is 14.8 Å². The molecule has 0 saturated heterocycles. The first-order valence-corrected chi connectivity index (χ1v) is 12.2. The molecule has 3 rings (SSSR count). The van der Waals surface area contributed by atoms with Crippen molar-refractivity contribution in [2.75, 3.05) is 23.3 Å². The van der Waals surface area contributed by atoms with Gasteiger partial charge in [-0.25, -0.2) is 8.42 Å². The smallest absolute Gasteiger partial charge is 0.268 e. The van der Waals surface area contributed by atoms with Crippen molar-refractivity contribution >= 4 is 50.5 Å². The molecule has 0 spiro atoms. The van der Waals surface area contributed by atoms with Crippen LogP contribution in [0, 0.1) is 20.8 Å². The molecule has 9 heteroatoms. The molecular formula is C24H24Cl2N2O4S. The predicted molar refractivity (Wildman–Crippen MR) is 133 cm³/mol. The van der Waals surface area contributed by atoms with Crippen molar-refractivity contribution < 1.29 is 17.9 Å². The van der Waals surface area contributed by atoms with Crippen LogP contribution in [0.2, 0.25) is 10.0 Å². The molecular weight excluding hydrogens is 483 g/mol. The third kappa shape index (κ3) is 5.61. The van der Waals surface area contributed by atoms with Crippen molar-refractivity contribution in [2.45, 2.75) is 25.7 Å². The zero-order valence-electron chi connectivity index (χ0n) is 18.6. The molecule has 0 atom stereocenters. The number of amides is 1. The lowest BCUT2D eigenvalue weighted by Gasteiger charge is -2.26. The summed E-state index contributed by atoms with van der Waals surface area (Å²) in [6.45, 7) is 5.01. The van der Waals surface area contributed by atoms with Gasteiger partial charge in [-0.1, -0.05) is 41.4 Å². The number of anilines is 2. The van der Waals surface area contributed by atoms with Gasteiger partial charge in [0.25, 0.3) is 10.0 Å². The van der Waals surface area contributed by atoms with E-state index in [1.807, 2.05) is 19.9 Å². The number of methoxy groups -OCH3 is 1. The Morgan fingerprint density at radius 1 is 0.939 bits per heavy atom. The molecule has 0 saturated carbocycles. The van der Waals surface area contributed by atoms with Crippen molar-refractivity contribution in [3.05, 3.63) is 81.3 Å². The van der Waals surface area contributed by atoms with E-state index in [0.717, 1.165) is 21.0 Å². The molecule has 6 nitrogen and oxygen atoms in total. The number of ether oxygens (including phenoxy) is 1. The Morgan fingerprint density at radius 3 is 2.12 bits per heavy atom. The van der Waals surface area contributed by atoms with Crippen LogP contribution < -0.4 is 14.4 Å². The second-order valence-corrected chi connectivity index (χ2v) is 10.3. The number of benzene rings is 3. The second-order valence-electron chi connectivity index (χ2n) is 7.66. The van der Waals surface area contributed by atoms with Gasteiger partial charge in [0.05, 0.1) is 28.5 Å². The molecule has 0 bridgehead atoms. The first-order chi connectivity index (χ1) is 15.5. The van der Waals surface area contributed by atoms with E-state index in [-0.39, 0.29) is 26.4 Å². The highest BCUT2D eigenvalue weighted by Crippen LogP contribution is 2.33. The quantitative estimate of drug-likeness (QED) is 0.441. The highest BCUT2D eigenvalue weighted by atomic mass is 35.5. The third-order valence-electron chi connectivity index (χ3n) is 4.90. The molecule has 0 aliphatic rings. The molecule has 0 aliphatic carbocycles. The lowest BCUT2D eigenvalue weighted by atomic mass is 10.1. The number of halogens is 2. The van der Waals surface area contributed by atoms with Gasteiger partial charge in [0.1, 0.15) is 17.2 Å². The highest BCUT2D eigenvalue weighted by molar-refractivity contribution is 7.93. The molecule has 1 N–H and O–H groups in total. The SMILES string of the molecule is COc1ccc(C)cc1S(=O)(=O)N(CC(=O)Nc1c(Cl)cccc1Cl)c1cc(C)cc(C)c1. The van der Waals surface area contributed by atoms with Crippen LogP contribution in [0.15, 0.2) is 59.5 Å². The normalized spacial score (nSPS) is 11.2. The van der Waals surface area contributed by atoms with Gasteiger partial charge >= 0.3 is 0 Å². The average molecular weight is 507 g/mol. The number of rotatable bonds is 7. The van der Waals surface area contributed by atoms with E-state index in [4.69, 9.17) is 27.9 Å². The van der Waals surface area contributed by atoms with E-state index < -0.39 is 22.5 Å². The van der Waals surface area contributed by atoms with Gasteiger partial charge in [-0.05, 0) is 73.9 Å². The monoisotopic (exact) mass is 506 g/mol. The Kier molecular flexibility index (Phi) is 7.57. The molecule has 0 heterocycles. The number of carbonyl (C=O) groups is 1. The largest absolute Gasteiger partial charge is 0.495 e. The predicted octanol–water partition coefficient (Wildman–Crippen LogP) is 5.76. The molecule has 3 aromatic rings. The molecule has 0 unspecified atom stereocenters. The highest BCUT2D eigenvalue weighted by Gasteiger charge is 2.31. The average Bonchev–Trinajstić information content (AvgIpc) is 2.74. The number of sulfonamides is 1. The Bertz CT molecular complexity index is 1270. The summed E-state index contributed by atoms with van der Waals surface area (Å²) < 4.78 is 34.0. The number of carbonyl (C=O) groups excluding carboxylic acids is 1. The minimum Gasteiger partial charge on any atom is -0.495 e. The number of para-hydroxylation sites is 1. The summed E-state index contributed by atoms with van der Waals surface area (Å²) in [5, 5.41) is 3.13. The van der Waals surface area contributed by atoms with E-state index >= 15 is 0 Å². The molecule has 0 radical (unpaired) electrons. The molecule has 0 aliphatic heterocycles. The summed E-state index contributed by atoms with van der Waals surface area (Å²) in [4.78, 5) is 13.0. The summed E-state index contributed by atoms with van der Waals surface area (Å²) in [6.07, 6.45) is 0. The van der Waals surface area contributed by atoms with Gasteiger partial charge in [-0.2, -0.15) is 0 Å². The maximum absolute atomic E-state index is 13.8. The lowest BCUT2D eigenvalue weighted by molar-refractivity contribution is -0.114. The van der Waals surface area contributed by atoms with E-state index in [2.05, 4.69) is 5.32 Å². The van der Waals surface area contributed by atoms with Crippen LogP contribution in [-0.4, -0.2) is 28.0 Å². The van der Waals surface area contributed by atoms with Crippen molar-refractivity contribution in [1.82, 2.24) is 0 Å². The Morgan fingerprint density at radius 2 is 1.55 bits per heavy atom. The van der Waals surface area contributed by atoms with Crippen LogP contribution in [0.5, 0.6) is 5.75 Å². The number of hydrogen-bond donors (Lipinski definition) is 1.